The molecule has 0 amide bonds. The van der Waals surface area contributed by atoms with E-state index in [1.165, 1.54) is 7.11 Å². The molecular formula is C11H14F2N2OS. The predicted octanol–water partition coefficient (Wildman–Crippen LogP) is 2.05. The van der Waals surface area contributed by atoms with Gasteiger partial charge in [0.25, 0.3) is 0 Å². The Balaban J connectivity index is 2.90. The molecule has 0 aliphatic heterocycles. The number of anilines is 1. The largest absolute Gasteiger partial charge is 0.389 e. The SMILES string of the molecule is COC(C)CNc1c(F)cc(C(N)=S)cc1F. The van der Waals surface area contributed by atoms with Crippen molar-refractivity contribution in [2.45, 2.75) is 13.0 Å². The van der Waals surface area contributed by atoms with Crippen LogP contribution in [-0.2, 0) is 4.74 Å². The van der Waals surface area contributed by atoms with Crippen molar-refractivity contribution in [1.29, 1.82) is 0 Å². The Kier molecular flexibility index (Phi) is 4.77. The number of rotatable bonds is 5. The van der Waals surface area contributed by atoms with E-state index in [0.717, 1.165) is 12.1 Å². The lowest BCUT2D eigenvalue weighted by molar-refractivity contribution is 0.128. The van der Waals surface area contributed by atoms with Gasteiger partial charge in [0.1, 0.15) is 22.3 Å². The maximum absolute atomic E-state index is 13.6. The van der Waals surface area contributed by atoms with Gasteiger partial charge in [-0.15, -0.1) is 0 Å². The van der Waals surface area contributed by atoms with Crippen LogP contribution in [0.3, 0.4) is 0 Å². The summed E-state index contributed by atoms with van der Waals surface area (Å²) in [5, 5.41) is 2.64. The van der Waals surface area contributed by atoms with Crippen LogP contribution in [-0.4, -0.2) is 24.7 Å². The van der Waals surface area contributed by atoms with Gasteiger partial charge in [-0.1, -0.05) is 12.2 Å². The van der Waals surface area contributed by atoms with Crippen LogP contribution in [0.4, 0.5) is 14.5 Å². The minimum atomic E-state index is -0.726. The molecule has 0 heterocycles. The van der Waals surface area contributed by atoms with Gasteiger partial charge in [-0.2, -0.15) is 0 Å². The molecule has 0 spiro atoms. The van der Waals surface area contributed by atoms with Crippen LogP contribution >= 0.6 is 12.2 Å². The van der Waals surface area contributed by atoms with Gasteiger partial charge in [-0.25, -0.2) is 8.78 Å². The summed E-state index contributed by atoms with van der Waals surface area (Å²) in [6.45, 7) is 2.09. The zero-order chi connectivity index (χ0) is 13.0. The number of nitrogens with two attached hydrogens (primary N) is 1. The number of hydrogen-bond acceptors (Lipinski definition) is 3. The van der Waals surface area contributed by atoms with E-state index in [-0.39, 0.29) is 22.3 Å². The number of thiocarbonyl (C=S) groups is 1. The third kappa shape index (κ3) is 3.61. The van der Waals surface area contributed by atoms with Gasteiger partial charge in [0, 0.05) is 19.2 Å². The number of hydrogen-bond donors (Lipinski definition) is 2. The molecule has 6 heteroatoms. The third-order valence-electron chi connectivity index (χ3n) is 2.30. The summed E-state index contributed by atoms with van der Waals surface area (Å²) in [6.07, 6.45) is -0.149. The first-order valence-electron chi connectivity index (χ1n) is 5.01. The van der Waals surface area contributed by atoms with E-state index < -0.39 is 11.6 Å². The number of methoxy groups -OCH3 is 1. The second-order valence-electron chi connectivity index (χ2n) is 3.61. The van der Waals surface area contributed by atoms with E-state index in [9.17, 15) is 8.78 Å². The van der Waals surface area contributed by atoms with Crippen LogP contribution < -0.4 is 11.1 Å². The second-order valence-corrected chi connectivity index (χ2v) is 4.05. The third-order valence-corrected chi connectivity index (χ3v) is 2.53. The maximum atomic E-state index is 13.6. The molecule has 0 saturated carbocycles. The fraction of sp³-hybridized carbons (Fsp3) is 0.364. The second kappa shape index (κ2) is 5.88. The van der Waals surface area contributed by atoms with Crippen molar-refractivity contribution in [3.05, 3.63) is 29.3 Å². The fourth-order valence-corrected chi connectivity index (χ4v) is 1.33. The van der Waals surface area contributed by atoms with Crippen LogP contribution in [0.15, 0.2) is 12.1 Å². The van der Waals surface area contributed by atoms with E-state index in [1.54, 1.807) is 6.92 Å². The highest BCUT2D eigenvalue weighted by atomic mass is 32.1. The quantitative estimate of drug-likeness (QED) is 0.795. The minimum absolute atomic E-state index is 0.0420. The predicted molar refractivity (Wildman–Crippen MR) is 67.2 cm³/mol. The number of ether oxygens (including phenoxy) is 1. The Hall–Kier alpha value is -1.27. The molecule has 1 unspecified atom stereocenters. The Labute approximate surface area is 104 Å². The summed E-state index contributed by atoms with van der Waals surface area (Å²) in [7, 11) is 1.52. The first-order valence-corrected chi connectivity index (χ1v) is 5.42. The number of nitrogens with one attached hydrogen (secondary N) is 1. The molecule has 17 heavy (non-hydrogen) atoms. The Morgan fingerprint density at radius 3 is 2.41 bits per heavy atom. The molecule has 1 rings (SSSR count). The van der Waals surface area contributed by atoms with Crippen LogP contribution in [0.2, 0.25) is 0 Å². The molecule has 0 bridgehead atoms. The fourth-order valence-electron chi connectivity index (χ4n) is 1.21. The number of halogens is 2. The van der Waals surface area contributed by atoms with E-state index in [1.807, 2.05) is 0 Å². The van der Waals surface area contributed by atoms with Gasteiger partial charge in [-0.3, -0.25) is 0 Å². The molecule has 0 aliphatic carbocycles. The zero-order valence-electron chi connectivity index (χ0n) is 9.59. The summed E-state index contributed by atoms with van der Waals surface area (Å²) < 4.78 is 32.1. The normalized spacial score (nSPS) is 12.2. The summed E-state index contributed by atoms with van der Waals surface area (Å²) in [5.41, 5.74) is 5.27. The topological polar surface area (TPSA) is 47.3 Å². The van der Waals surface area contributed by atoms with Gasteiger partial charge < -0.3 is 15.8 Å². The molecule has 0 aliphatic rings. The number of benzene rings is 1. The molecule has 1 aromatic carbocycles. The van der Waals surface area contributed by atoms with Crippen molar-refractivity contribution < 1.29 is 13.5 Å². The van der Waals surface area contributed by atoms with Gasteiger partial charge in [0.2, 0.25) is 0 Å². The van der Waals surface area contributed by atoms with Crippen LogP contribution in [0.25, 0.3) is 0 Å². The van der Waals surface area contributed by atoms with Crippen LogP contribution in [0.1, 0.15) is 12.5 Å². The van der Waals surface area contributed by atoms with Crippen molar-refractivity contribution in [1.82, 2.24) is 0 Å². The van der Waals surface area contributed by atoms with Crippen molar-refractivity contribution >= 4 is 22.9 Å². The lowest BCUT2D eigenvalue weighted by Gasteiger charge is -2.13. The lowest BCUT2D eigenvalue weighted by atomic mass is 10.2. The molecule has 0 saturated heterocycles. The Bertz CT molecular complexity index is 403. The molecule has 94 valence electrons. The highest BCUT2D eigenvalue weighted by Gasteiger charge is 2.12. The average molecular weight is 260 g/mol. The Morgan fingerprint density at radius 2 is 2.00 bits per heavy atom. The molecule has 0 fully saturated rings. The summed E-state index contributed by atoms with van der Waals surface area (Å²) in [4.78, 5) is -0.0420. The molecule has 1 aromatic rings. The molecule has 3 N–H and O–H groups in total. The van der Waals surface area contributed by atoms with Gasteiger partial charge in [0.15, 0.2) is 0 Å². The molecule has 3 nitrogen and oxygen atoms in total. The van der Waals surface area contributed by atoms with Crippen molar-refractivity contribution in [2.24, 2.45) is 5.73 Å². The molecule has 0 radical (unpaired) electrons. The first kappa shape index (κ1) is 13.8. The van der Waals surface area contributed by atoms with E-state index >= 15 is 0 Å². The monoisotopic (exact) mass is 260 g/mol. The van der Waals surface area contributed by atoms with Crippen molar-refractivity contribution in [2.75, 3.05) is 19.0 Å². The van der Waals surface area contributed by atoms with Crippen LogP contribution in [0, 0.1) is 11.6 Å². The van der Waals surface area contributed by atoms with Gasteiger partial charge in [0.05, 0.1) is 6.10 Å². The van der Waals surface area contributed by atoms with Gasteiger partial charge in [-0.05, 0) is 19.1 Å². The summed E-state index contributed by atoms with van der Waals surface area (Å²) in [5.74, 6) is -1.45. The molecular weight excluding hydrogens is 246 g/mol. The average Bonchev–Trinajstić information content (AvgIpc) is 2.27. The van der Waals surface area contributed by atoms with E-state index in [2.05, 4.69) is 17.5 Å². The van der Waals surface area contributed by atoms with Crippen molar-refractivity contribution in [3.63, 3.8) is 0 Å². The van der Waals surface area contributed by atoms with Crippen LogP contribution in [0.5, 0.6) is 0 Å². The van der Waals surface area contributed by atoms with Crippen molar-refractivity contribution in [3.8, 4) is 0 Å². The maximum Gasteiger partial charge on any atom is 0.150 e. The standard InChI is InChI=1S/C11H14F2N2OS/c1-6(16-2)5-15-10-8(12)3-7(11(14)17)4-9(10)13/h3-4,6,15H,5H2,1-2H3,(H2,14,17). The highest BCUT2D eigenvalue weighted by Crippen LogP contribution is 2.20. The molecule has 1 atom stereocenters. The van der Waals surface area contributed by atoms with E-state index in [4.69, 9.17) is 10.5 Å². The van der Waals surface area contributed by atoms with E-state index in [0.29, 0.717) is 6.54 Å². The Morgan fingerprint density at radius 1 is 1.47 bits per heavy atom. The summed E-state index contributed by atoms with van der Waals surface area (Å²) >= 11 is 4.65. The highest BCUT2D eigenvalue weighted by molar-refractivity contribution is 7.80. The van der Waals surface area contributed by atoms with Gasteiger partial charge >= 0.3 is 0 Å². The first-order chi connectivity index (χ1) is 7.95. The lowest BCUT2D eigenvalue weighted by Crippen LogP contribution is -2.20. The zero-order valence-corrected chi connectivity index (χ0v) is 10.4. The molecule has 0 aromatic heterocycles. The smallest absolute Gasteiger partial charge is 0.150 e. The summed E-state index contributed by atoms with van der Waals surface area (Å²) in [6, 6.07) is 2.20. The minimum Gasteiger partial charge on any atom is -0.389 e.